The summed E-state index contributed by atoms with van der Waals surface area (Å²) in [6.45, 7) is 7.83. The lowest BCUT2D eigenvalue weighted by molar-refractivity contribution is 0.136. The molecule has 0 saturated heterocycles. The first-order chi connectivity index (χ1) is 19.6. The summed E-state index contributed by atoms with van der Waals surface area (Å²) in [5, 5.41) is 15.0. The van der Waals surface area contributed by atoms with Crippen LogP contribution in [0.3, 0.4) is 0 Å². The lowest BCUT2D eigenvalue weighted by Gasteiger charge is -2.41. The van der Waals surface area contributed by atoms with Gasteiger partial charge in [0.05, 0.1) is 7.11 Å². The third-order valence-electron chi connectivity index (χ3n) is 8.32. The van der Waals surface area contributed by atoms with Crippen LogP contribution in [0.5, 0.6) is 5.75 Å². The minimum Gasteiger partial charge on any atom is -0.497 e. The van der Waals surface area contributed by atoms with Crippen molar-refractivity contribution in [2.24, 2.45) is 0 Å². The molecular weight excluding hydrogens is 559 g/mol. The van der Waals surface area contributed by atoms with Gasteiger partial charge in [-0.2, -0.15) is 0 Å². The number of nitrogens with one attached hydrogen (secondary N) is 2. The SMILES string of the molecule is CCN(c1cc(Cl)cc(C(O)NCc2c(Cl)[nH]c(C)cc2=O)c1C)C1CCC(N(C)Cc2cccc(OC)c2)CC1. The first-order valence-corrected chi connectivity index (χ1v) is 15.1. The Bertz CT molecular complexity index is 1390. The van der Waals surface area contributed by atoms with E-state index in [0.29, 0.717) is 33.9 Å². The Kier molecular flexibility index (Phi) is 10.8. The van der Waals surface area contributed by atoms with Crippen molar-refractivity contribution in [2.45, 2.75) is 77.9 Å². The van der Waals surface area contributed by atoms with Crippen LogP contribution in [0.1, 0.15) is 66.8 Å². The molecule has 0 aliphatic heterocycles. The number of hydrogen-bond acceptors (Lipinski definition) is 6. The van der Waals surface area contributed by atoms with Crippen molar-refractivity contribution in [2.75, 3.05) is 25.6 Å². The molecule has 4 rings (SSSR count). The number of nitrogens with zero attached hydrogens (tertiary/aromatic N) is 2. The quantitative estimate of drug-likeness (QED) is 0.175. The van der Waals surface area contributed by atoms with Crippen LogP contribution in [-0.2, 0) is 13.1 Å². The summed E-state index contributed by atoms with van der Waals surface area (Å²) in [4.78, 5) is 20.3. The standard InChI is InChI=1S/C32H42Cl2N4O3/c1-6-38(25-12-10-24(11-13-25)37(4)19-22-8-7-9-26(15-22)41-5)29-17-23(33)16-27(21(29)3)32(40)35-18-28-30(39)14-20(2)36-31(28)34/h7-9,14-17,24-25,32,35,40H,6,10-13,18-19H2,1-5H3,(H,36,39). The average Bonchev–Trinajstić information content (AvgIpc) is 2.94. The third-order valence-corrected chi connectivity index (χ3v) is 8.86. The van der Waals surface area contributed by atoms with Crippen LogP contribution in [0, 0.1) is 13.8 Å². The highest BCUT2D eigenvalue weighted by atomic mass is 35.5. The van der Waals surface area contributed by atoms with E-state index < -0.39 is 6.23 Å². The van der Waals surface area contributed by atoms with Gasteiger partial charge in [0.15, 0.2) is 5.43 Å². The largest absolute Gasteiger partial charge is 0.497 e. The second-order valence-electron chi connectivity index (χ2n) is 11.0. The van der Waals surface area contributed by atoms with E-state index in [9.17, 15) is 9.90 Å². The van der Waals surface area contributed by atoms with E-state index in [-0.39, 0.29) is 17.1 Å². The molecule has 1 saturated carbocycles. The highest BCUT2D eigenvalue weighted by Gasteiger charge is 2.29. The molecule has 3 aromatic rings. The molecule has 0 amide bonds. The van der Waals surface area contributed by atoms with E-state index in [1.54, 1.807) is 20.1 Å². The molecule has 1 unspecified atom stereocenters. The predicted molar refractivity (Wildman–Crippen MR) is 168 cm³/mol. The molecule has 1 atom stereocenters. The normalized spacial score (nSPS) is 18.0. The number of aryl methyl sites for hydroxylation is 1. The lowest BCUT2D eigenvalue weighted by Crippen LogP contribution is -2.43. The summed E-state index contributed by atoms with van der Waals surface area (Å²) < 4.78 is 5.39. The number of ether oxygens (including phenoxy) is 1. The number of hydrogen-bond donors (Lipinski definition) is 3. The highest BCUT2D eigenvalue weighted by Crippen LogP contribution is 2.36. The zero-order valence-corrected chi connectivity index (χ0v) is 26.1. The molecule has 222 valence electrons. The zero-order valence-electron chi connectivity index (χ0n) is 24.6. The Balaban J connectivity index is 1.43. The van der Waals surface area contributed by atoms with Crippen molar-refractivity contribution in [3.8, 4) is 5.75 Å². The molecule has 7 nitrogen and oxygen atoms in total. The summed E-state index contributed by atoms with van der Waals surface area (Å²) in [5.74, 6) is 0.891. The molecule has 0 bridgehead atoms. The van der Waals surface area contributed by atoms with Crippen molar-refractivity contribution in [3.05, 3.63) is 90.8 Å². The Morgan fingerprint density at radius 2 is 1.80 bits per heavy atom. The van der Waals surface area contributed by atoms with E-state index in [4.69, 9.17) is 27.9 Å². The second kappa shape index (κ2) is 14.1. The van der Waals surface area contributed by atoms with Gasteiger partial charge < -0.3 is 19.7 Å². The van der Waals surface area contributed by atoms with Gasteiger partial charge in [0.25, 0.3) is 0 Å². The fourth-order valence-electron chi connectivity index (χ4n) is 6.04. The van der Waals surface area contributed by atoms with Crippen LogP contribution in [0.4, 0.5) is 5.69 Å². The molecule has 9 heteroatoms. The molecule has 1 aromatic heterocycles. The van der Waals surface area contributed by atoms with Crippen LogP contribution in [0.15, 0.2) is 47.3 Å². The van der Waals surface area contributed by atoms with Crippen molar-refractivity contribution >= 4 is 28.9 Å². The highest BCUT2D eigenvalue weighted by molar-refractivity contribution is 6.31. The van der Waals surface area contributed by atoms with Crippen LogP contribution in [0.2, 0.25) is 10.2 Å². The first kappa shape index (κ1) is 31.4. The zero-order chi connectivity index (χ0) is 29.7. The molecular formula is C32H42Cl2N4O3. The van der Waals surface area contributed by atoms with Gasteiger partial charge in [0.2, 0.25) is 0 Å². The number of H-pyrrole nitrogens is 1. The fraction of sp³-hybridized carbons (Fsp3) is 0.469. The van der Waals surface area contributed by atoms with Crippen molar-refractivity contribution in [1.29, 1.82) is 0 Å². The number of aliphatic hydroxyl groups is 1. The number of benzene rings is 2. The molecule has 0 radical (unpaired) electrons. The molecule has 2 aromatic carbocycles. The Labute approximate surface area is 253 Å². The number of rotatable bonds is 11. The molecule has 1 aliphatic carbocycles. The molecule has 41 heavy (non-hydrogen) atoms. The van der Waals surface area contributed by atoms with Crippen molar-refractivity contribution in [3.63, 3.8) is 0 Å². The summed E-state index contributed by atoms with van der Waals surface area (Å²) >= 11 is 12.9. The summed E-state index contributed by atoms with van der Waals surface area (Å²) in [6.07, 6.45) is 3.38. The fourth-order valence-corrected chi connectivity index (χ4v) is 6.57. The van der Waals surface area contributed by atoms with Gasteiger partial charge in [-0.25, -0.2) is 0 Å². The van der Waals surface area contributed by atoms with E-state index >= 15 is 0 Å². The summed E-state index contributed by atoms with van der Waals surface area (Å²) in [6, 6.07) is 14.5. The maximum atomic E-state index is 12.4. The number of halogens is 2. The van der Waals surface area contributed by atoms with Crippen LogP contribution in [0.25, 0.3) is 0 Å². The minimum atomic E-state index is -1.01. The average molecular weight is 602 g/mol. The first-order valence-electron chi connectivity index (χ1n) is 14.3. The second-order valence-corrected chi connectivity index (χ2v) is 11.9. The molecule has 1 aliphatic rings. The number of aromatic amines is 1. The maximum Gasteiger partial charge on any atom is 0.187 e. The molecule has 1 heterocycles. The number of aromatic nitrogens is 1. The summed E-state index contributed by atoms with van der Waals surface area (Å²) in [5.41, 5.74) is 4.87. The maximum absolute atomic E-state index is 12.4. The van der Waals surface area contributed by atoms with Gasteiger partial charge in [-0.1, -0.05) is 35.3 Å². The molecule has 3 N–H and O–H groups in total. The number of pyridine rings is 1. The monoisotopic (exact) mass is 600 g/mol. The topological polar surface area (TPSA) is 80.8 Å². The van der Waals surface area contributed by atoms with Crippen LogP contribution < -0.4 is 20.4 Å². The van der Waals surface area contributed by atoms with Gasteiger partial charge in [0.1, 0.15) is 17.1 Å². The van der Waals surface area contributed by atoms with Crippen LogP contribution in [-0.4, -0.2) is 47.8 Å². The predicted octanol–water partition coefficient (Wildman–Crippen LogP) is 6.36. The lowest BCUT2D eigenvalue weighted by atomic mass is 9.88. The Morgan fingerprint density at radius 1 is 1.10 bits per heavy atom. The van der Waals surface area contributed by atoms with E-state index in [2.05, 4.69) is 46.2 Å². The Hall–Kier alpha value is -2.55. The smallest absolute Gasteiger partial charge is 0.187 e. The Morgan fingerprint density at radius 3 is 2.46 bits per heavy atom. The van der Waals surface area contributed by atoms with Gasteiger partial charge in [-0.15, -0.1) is 0 Å². The molecule has 1 fully saturated rings. The van der Waals surface area contributed by atoms with E-state index in [1.807, 2.05) is 25.1 Å². The van der Waals surface area contributed by atoms with Gasteiger partial charge >= 0.3 is 0 Å². The van der Waals surface area contributed by atoms with Crippen molar-refractivity contribution in [1.82, 2.24) is 15.2 Å². The minimum absolute atomic E-state index is 0.127. The van der Waals surface area contributed by atoms with E-state index in [1.165, 1.54) is 11.6 Å². The third kappa shape index (κ3) is 7.65. The van der Waals surface area contributed by atoms with Gasteiger partial charge in [0, 0.05) is 65.3 Å². The molecule has 0 spiro atoms. The summed E-state index contributed by atoms with van der Waals surface area (Å²) in [7, 11) is 3.91. The number of aliphatic hydroxyl groups excluding tert-OH is 1. The number of anilines is 1. The van der Waals surface area contributed by atoms with Crippen molar-refractivity contribution < 1.29 is 9.84 Å². The van der Waals surface area contributed by atoms with Gasteiger partial charge in [-0.3, -0.25) is 15.0 Å². The van der Waals surface area contributed by atoms with Crippen LogP contribution >= 0.6 is 23.2 Å². The van der Waals surface area contributed by atoms with Gasteiger partial charge in [-0.05, 0) is 88.9 Å². The number of methoxy groups -OCH3 is 1. The van der Waals surface area contributed by atoms with E-state index in [0.717, 1.165) is 55.8 Å².